The van der Waals surface area contributed by atoms with Crippen molar-refractivity contribution in [1.29, 1.82) is 0 Å². The Balaban J connectivity index is 0.00000450. The van der Waals surface area contributed by atoms with E-state index in [0.717, 1.165) is 77.8 Å². The zero-order valence-corrected chi connectivity index (χ0v) is 21.0. The first-order valence-electron chi connectivity index (χ1n) is 10.8. The largest absolute Gasteiger partial charge is 0.382 e. The number of halogens is 1. The molecule has 1 aromatic carbocycles. The number of piperazine rings is 1. The second-order valence-corrected chi connectivity index (χ2v) is 7.34. The maximum absolute atomic E-state index is 5.46. The zero-order valence-electron chi connectivity index (χ0n) is 18.6. The number of ether oxygens (including phenoxy) is 2. The average molecular weight is 533 g/mol. The molecule has 1 saturated heterocycles. The van der Waals surface area contributed by atoms with Crippen molar-refractivity contribution in [2.75, 3.05) is 79.8 Å². The summed E-state index contributed by atoms with van der Waals surface area (Å²) in [5.41, 5.74) is 1.41. The highest BCUT2D eigenvalue weighted by molar-refractivity contribution is 14.0. The van der Waals surface area contributed by atoms with Gasteiger partial charge in [0.15, 0.2) is 5.96 Å². The minimum absolute atomic E-state index is 0. The molecule has 0 unspecified atom stereocenters. The predicted molar refractivity (Wildman–Crippen MR) is 135 cm³/mol. The van der Waals surface area contributed by atoms with Gasteiger partial charge in [-0.1, -0.05) is 30.3 Å². The lowest BCUT2D eigenvalue weighted by molar-refractivity contribution is 0.0698. The molecule has 0 aromatic heterocycles. The van der Waals surface area contributed by atoms with Crippen molar-refractivity contribution in [2.45, 2.75) is 19.4 Å². The lowest BCUT2D eigenvalue weighted by atomic mass is 10.2. The third kappa shape index (κ3) is 12.0. The Kier molecular flexibility index (Phi) is 16.0. The van der Waals surface area contributed by atoms with E-state index < -0.39 is 0 Å². The summed E-state index contributed by atoms with van der Waals surface area (Å²) in [6.45, 7) is 10.7. The van der Waals surface area contributed by atoms with Crippen LogP contribution in [0.3, 0.4) is 0 Å². The molecule has 0 atom stereocenters. The van der Waals surface area contributed by atoms with Crippen molar-refractivity contribution in [3.05, 3.63) is 35.9 Å². The molecule has 30 heavy (non-hydrogen) atoms. The summed E-state index contributed by atoms with van der Waals surface area (Å²) in [6.07, 6.45) is 2.08. The molecule has 0 amide bonds. The molecule has 0 spiro atoms. The van der Waals surface area contributed by atoms with Crippen LogP contribution in [0.5, 0.6) is 0 Å². The standard InChI is InChI=1S/C22H39N5O2.HI/c1-23-22(25-11-7-17-29-19-18-28-2)24-10-6-12-26-13-15-27(16-14-26)20-21-8-4-3-5-9-21;/h3-5,8-9H,6-7,10-20H2,1-2H3,(H2,23,24,25);1H. The van der Waals surface area contributed by atoms with E-state index in [-0.39, 0.29) is 24.0 Å². The Morgan fingerprint density at radius 1 is 0.933 bits per heavy atom. The Hall–Kier alpha value is -0.940. The third-order valence-corrected chi connectivity index (χ3v) is 5.07. The van der Waals surface area contributed by atoms with Gasteiger partial charge in [0.2, 0.25) is 0 Å². The van der Waals surface area contributed by atoms with Gasteiger partial charge in [0.05, 0.1) is 13.2 Å². The molecule has 1 aliphatic heterocycles. The van der Waals surface area contributed by atoms with E-state index in [4.69, 9.17) is 9.47 Å². The van der Waals surface area contributed by atoms with E-state index in [1.165, 1.54) is 5.56 Å². The van der Waals surface area contributed by atoms with Crippen molar-refractivity contribution >= 4 is 29.9 Å². The first-order chi connectivity index (χ1) is 14.3. The summed E-state index contributed by atoms with van der Waals surface area (Å²) >= 11 is 0. The molecule has 8 heteroatoms. The first kappa shape index (κ1) is 27.1. The number of benzene rings is 1. The van der Waals surface area contributed by atoms with Crippen LogP contribution >= 0.6 is 24.0 Å². The number of hydrogen-bond donors (Lipinski definition) is 2. The van der Waals surface area contributed by atoms with E-state index in [2.05, 4.69) is 55.8 Å². The van der Waals surface area contributed by atoms with Gasteiger partial charge in [-0.05, 0) is 24.9 Å². The monoisotopic (exact) mass is 533 g/mol. The maximum atomic E-state index is 5.46. The number of hydrogen-bond acceptors (Lipinski definition) is 5. The van der Waals surface area contributed by atoms with Gasteiger partial charge in [0, 0.05) is 66.6 Å². The van der Waals surface area contributed by atoms with E-state index in [9.17, 15) is 0 Å². The van der Waals surface area contributed by atoms with E-state index >= 15 is 0 Å². The minimum atomic E-state index is 0. The molecule has 2 rings (SSSR count). The van der Waals surface area contributed by atoms with Crippen molar-refractivity contribution in [3.63, 3.8) is 0 Å². The number of rotatable bonds is 13. The lowest BCUT2D eigenvalue weighted by Gasteiger charge is -2.34. The summed E-state index contributed by atoms with van der Waals surface area (Å²) in [5, 5.41) is 6.74. The second-order valence-electron chi connectivity index (χ2n) is 7.34. The number of methoxy groups -OCH3 is 1. The highest BCUT2D eigenvalue weighted by Gasteiger charge is 2.16. The number of nitrogens with zero attached hydrogens (tertiary/aromatic N) is 3. The summed E-state index contributed by atoms with van der Waals surface area (Å²) in [7, 11) is 3.50. The summed E-state index contributed by atoms with van der Waals surface area (Å²) in [6, 6.07) is 10.8. The zero-order chi connectivity index (χ0) is 20.6. The van der Waals surface area contributed by atoms with E-state index in [0.29, 0.717) is 13.2 Å². The van der Waals surface area contributed by atoms with Crippen LogP contribution in [0.25, 0.3) is 0 Å². The predicted octanol–water partition coefficient (Wildman–Crippen LogP) is 2.03. The van der Waals surface area contributed by atoms with Gasteiger partial charge < -0.3 is 25.0 Å². The van der Waals surface area contributed by atoms with Crippen LogP contribution in [0.4, 0.5) is 0 Å². The van der Waals surface area contributed by atoms with Gasteiger partial charge >= 0.3 is 0 Å². The van der Waals surface area contributed by atoms with Crippen LogP contribution < -0.4 is 10.6 Å². The fraction of sp³-hybridized carbons (Fsp3) is 0.682. The number of guanidine groups is 1. The van der Waals surface area contributed by atoms with Crippen molar-refractivity contribution in [2.24, 2.45) is 4.99 Å². The molecule has 2 N–H and O–H groups in total. The van der Waals surface area contributed by atoms with Crippen LogP contribution in [0.15, 0.2) is 35.3 Å². The normalized spacial score (nSPS) is 15.6. The minimum Gasteiger partial charge on any atom is -0.382 e. The summed E-state index contributed by atoms with van der Waals surface area (Å²) < 4.78 is 10.4. The van der Waals surface area contributed by atoms with Crippen LogP contribution in [-0.4, -0.2) is 95.6 Å². The molecule has 1 aromatic rings. The number of nitrogens with one attached hydrogen (secondary N) is 2. The fourth-order valence-corrected chi connectivity index (χ4v) is 3.37. The molecular weight excluding hydrogens is 493 g/mol. The Morgan fingerprint density at radius 2 is 1.60 bits per heavy atom. The smallest absolute Gasteiger partial charge is 0.190 e. The van der Waals surface area contributed by atoms with Crippen LogP contribution in [0.1, 0.15) is 18.4 Å². The Bertz CT molecular complexity index is 554. The van der Waals surface area contributed by atoms with Gasteiger partial charge in [-0.2, -0.15) is 0 Å². The lowest BCUT2D eigenvalue weighted by Crippen LogP contribution is -2.46. The topological polar surface area (TPSA) is 61.4 Å². The van der Waals surface area contributed by atoms with Crippen molar-refractivity contribution < 1.29 is 9.47 Å². The Labute approximate surface area is 199 Å². The SMILES string of the molecule is CN=C(NCCCOCCOC)NCCCN1CCN(Cc2ccccc2)CC1.I. The molecule has 0 saturated carbocycles. The summed E-state index contributed by atoms with van der Waals surface area (Å²) in [5.74, 6) is 0.870. The highest BCUT2D eigenvalue weighted by Crippen LogP contribution is 2.08. The number of aliphatic imine (C=N–C) groups is 1. The van der Waals surface area contributed by atoms with E-state index in [1.54, 1.807) is 7.11 Å². The van der Waals surface area contributed by atoms with Gasteiger partial charge in [0.25, 0.3) is 0 Å². The molecule has 1 heterocycles. The fourth-order valence-electron chi connectivity index (χ4n) is 3.37. The molecular formula is C22H40IN5O2. The molecule has 7 nitrogen and oxygen atoms in total. The molecule has 1 aliphatic rings. The highest BCUT2D eigenvalue weighted by atomic mass is 127. The average Bonchev–Trinajstić information content (AvgIpc) is 2.76. The summed E-state index contributed by atoms with van der Waals surface area (Å²) in [4.78, 5) is 9.40. The first-order valence-corrected chi connectivity index (χ1v) is 10.8. The quantitative estimate of drug-likeness (QED) is 0.175. The van der Waals surface area contributed by atoms with Crippen LogP contribution in [0, 0.1) is 0 Å². The van der Waals surface area contributed by atoms with Gasteiger partial charge in [-0.15, -0.1) is 24.0 Å². The molecule has 0 radical (unpaired) electrons. The van der Waals surface area contributed by atoms with Crippen LogP contribution in [-0.2, 0) is 16.0 Å². The maximum Gasteiger partial charge on any atom is 0.190 e. The van der Waals surface area contributed by atoms with Gasteiger partial charge in [-0.3, -0.25) is 9.89 Å². The van der Waals surface area contributed by atoms with Gasteiger partial charge in [-0.25, -0.2) is 0 Å². The van der Waals surface area contributed by atoms with Crippen LogP contribution in [0.2, 0.25) is 0 Å². The van der Waals surface area contributed by atoms with Crippen molar-refractivity contribution in [1.82, 2.24) is 20.4 Å². The second kappa shape index (κ2) is 17.7. The molecule has 172 valence electrons. The molecule has 0 bridgehead atoms. The van der Waals surface area contributed by atoms with E-state index in [1.807, 2.05) is 7.05 Å². The Morgan fingerprint density at radius 3 is 2.27 bits per heavy atom. The van der Waals surface area contributed by atoms with Crippen molar-refractivity contribution in [3.8, 4) is 0 Å². The molecule has 0 aliphatic carbocycles. The van der Waals surface area contributed by atoms with Gasteiger partial charge in [0.1, 0.15) is 0 Å². The molecule has 1 fully saturated rings. The third-order valence-electron chi connectivity index (χ3n) is 5.07.